The normalized spacial score (nSPS) is 15.0. The van der Waals surface area contributed by atoms with Gasteiger partial charge in [-0.25, -0.2) is 0 Å². The Morgan fingerprint density at radius 3 is 2.66 bits per heavy atom. The van der Waals surface area contributed by atoms with Gasteiger partial charge >= 0.3 is 0 Å². The van der Waals surface area contributed by atoms with E-state index in [2.05, 4.69) is 35.1 Å². The predicted octanol–water partition coefficient (Wildman–Crippen LogP) is 2.50. The average molecular weight is 406 g/mol. The van der Waals surface area contributed by atoms with Gasteiger partial charge in [0.1, 0.15) is 17.8 Å². The summed E-state index contributed by atoms with van der Waals surface area (Å²) in [5, 5.41) is 21.4. The molecule has 1 fully saturated rings. The van der Waals surface area contributed by atoms with Crippen LogP contribution in [-0.4, -0.2) is 48.4 Å². The Balaban J connectivity index is 1.19. The minimum Gasteiger partial charge on any atom is -0.355 e. The number of benzene rings is 1. The van der Waals surface area contributed by atoms with Gasteiger partial charge in [-0.2, -0.15) is 4.52 Å². The number of amides is 1. The van der Waals surface area contributed by atoms with Crippen LogP contribution >= 0.6 is 11.5 Å². The van der Waals surface area contributed by atoms with Crippen molar-refractivity contribution < 1.29 is 4.79 Å². The van der Waals surface area contributed by atoms with Crippen LogP contribution in [0, 0.1) is 5.92 Å². The Labute approximate surface area is 170 Å². The van der Waals surface area contributed by atoms with E-state index in [0.29, 0.717) is 0 Å². The molecule has 4 aromatic rings. The van der Waals surface area contributed by atoms with Crippen LogP contribution in [0.5, 0.6) is 0 Å². The van der Waals surface area contributed by atoms with Crippen molar-refractivity contribution in [3.8, 4) is 11.3 Å². The first-order valence-corrected chi connectivity index (χ1v) is 10.2. The number of nitrogens with zero attached hydrogens (tertiary/aromatic N) is 7. The van der Waals surface area contributed by atoms with Gasteiger partial charge in [-0.3, -0.25) is 4.79 Å². The molecular weight excluding hydrogens is 388 g/mol. The standard InChI is InChI=1S/C19H18N8OS/c28-19(21-15-3-1-13(2-4-15)16-11-29-25-22-16)14-7-9-26(10-8-14)18-6-5-17-23-20-12-27(17)24-18/h1-6,11-12,14H,7-10H2,(H,21,28). The van der Waals surface area contributed by atoms with Crippen molar-refractivity contribution in [3.05, 3.63) is 48.1 Å². The molecule has 3 aromatic heterocycles. The molecule has 1 N–H and O–H groups in total. The van der Waals surface area contributed by atoms with Crippen LogP contribution < -0.4 is 10.2 Å². The summed E-state index contributed by atoms with van der Waals surface area (Å²) in [6, 6.07) is 11.5. The molecule has 0 aliphatic carbocycles. The lowest BCUT2D eigenvalue weighted by Crippen LogP contribution is -2.38. The highest BCUT2D eigenvalue weighted by atomic mass is 32.1. The van der Waals surface area contributed by atoms with E-state index in [0.717, 1.165) is 54.3 Å². The quantitative estimate of drug-likeness (QED) is 0.556. The van der Waals surface area contributed by atoms with Gasteiger partial charge < -0.3 is 10.2 Å². The number of hydrogen-bond donors (Lipinski definition) is 1. The first kappa shape index (κ1) is 17.7. The molecule has 1 aliphatic heterocycles. The molecule has 10 heteroatoms. The highest BCUT2D eigenvalue weighted by Crippen LogP contribution is 2.24. The second kappa shape index (κ2) is 7.55. The number of carbonyl (C=O) groups is 1. The molecule has 5 rings (SSSR count). The van der Waals surface area contributed by atoms with Crippen molar-refractivity contribution in [2.45, 2.75) is 12.8 Å². The summed E-state index contributed by atoms with van der Waals surface area (Å²) < 4.78 is 5.54. The molecule has 29 heavy (non-hydrogen) atoms. The van der Waals surface area contributed by atoms with Crippen LogP contribution in [0.1, 0.15) is 12.8 Å². The fourth-order valence-electron chi connectivity index (χ4n) is 3.52. The van der Waals surface area contributed by atoms with Crippen LogP contribution in [-0.2, 0) is 4.79 Å². The van der Waals surface area contributed by atoms with E-state index in [9.17, 15) is 4.79 Å². The van der Waals surface area contributed by atoms with E-state index < -0.39 is 0 Å². The summed E-state index contributed by atoms with van der Waals surface area (Å²) in [5.41, 5.74) is 3.35. The van der Waals surface area contributed by atoms with Crippen LogP contribution in [0.15, 0.2) is 48.1 Å². The summed E-state index contributed by atoms with van der Waals surface area (Å²) in [5.74, 6) is 0.936. The highest BCUT2D eigenvalue weighted by molar-refractivity contribution is 7.03. The summed E-state index contributed by atoms with van der Waals surface area (Å²) >= 11 is 1.32. The van der Waals surface area contributed by atoms with E-state index in [-0.39, 0.29) is 11.8 Å². The summed E-state index contributed by atoms with van der Waals surface area (Å²) in [7, 11) is 0. The number of piperidine rings is 1. The van der Waals surface area contributed by atoms with Crippen molar-refractivity contribution in [2.24, 2.45) is 5.92 Å². The summed E-state index contributed by atoms with van der Waals surface area (Å²) in [6.07, 6.45) is 3.17. The van der Waals surface area contributed by atoms with Gasteiger partial charge in [0.15, 0.2) is 5.65 Å². The van der Waals surface area contributed by atoms with Crippen LogP contribution in [0.25, 0.3) is 16.9 Å². The zero-order valence-corrected chi connectivity index (χ0v) is 16.3. The second-order valence-corrected chi connectivity index (χ2v) is 7.55. The van der Waals surface area contributed by atoms with Crippen LogP contribution in [0.2, 0.25) is 0 Å². The molecule has 0 spiro atoms. The maximum atomic E-state index is 12.7. The van der Waals surface area contributed by atoms with Gasteiger partial charge in [0.05, 0.1) is 0 Å². The van der Waals surface area contributed by atoms with Crippen LogP contribution in [0.3, 0.4) is 0 Å². The molecule has 0 radical (unpaired) electrons. The molecule has 0 atom stereocenters. The highest BCUT2D eigenvalue weighted by Gasteiger charge is 2.26. The molecule has 1 aromatic carbocycles. The third kappa shape index (κ3) is 3.66. The Morgan fingerprint density at radius 1 is 1.07 bits per heavy atom. The molecule has 1 aliphatic rings. The van der Waals surface area contributed by atoms with Crippen molar-refractivity contribution in [1.29, 1.82) is 0 Å². The van der Waals surface area contributed by atoms with Gasteiger partial charge in [-0.05, 0) is 48.6 Å². The number of hydrogen-bond acceptors (Lipinski definition) is 8. The fourth-order valence-corrected chi connectivity index (χ4v) is 3.98. The Hall–Kier alpha value is -3.40. The molecule has 0 unspecified atom stereocenters. The molecule has 146 valence electrons. The van der Waals surface area contributed by atoms with E-state index in [1.54, 1.807) is 10.8 Å². The Bertz CT molecular complexity index is 1120. The van der Waals surface area contributed by atoms with Crippen molar-refractivity contribution in [2.75, 3.05) is 23.3 Å². The molecular formula is C19H18N8OS. The lowest BCUT2D eigenvalue weighted by Gasteiger charge is -2.32. The zero-order valence-electron chi connectivity index (χ0n) is 15.5. The van der Waals surface area contributed by atoms with Gasteiger partial charge in [0.25, 0.3) is 0 Å². The smallest absolute Gasteiger partial charge is 0.227 e. The molecule has 0 bridgehead atoms. The van der Waals surface area contributed by atoms with Gasteiger partial charge in [0, 0.05) is 35.6 Å². The third-order valence-corrected chi connectivity index (χ3v) is 5.65. The topological polar surface area (TPSA) is 101 Å². The van der Waals surface area contributed by atoms with Gasteiger partial charge in [0.2, 0.25) is 5.91 Å². The number of aromatic nitrogens is 6. The molecule has 0 saturated carbocycles. The number of carbonyl (C=O) groups excluding carboxylic acids is 1. The number of anilines is 2. The minimum absolute atomic E-state index is 0.00712. The van der Waals surface area contributed by atoms with Gasteiger partial charge in [-0.1, -0.05) is 16.6 Å². The van der Waals surface area contributed by atoms with Crippen molar-refractivity contribution in [1.82, 2.24) is 29.4 Å². The Kier molecular flexibility index (Phi) is 4.60. The van der Waals surface area contributed by atoms with E-state index in [4.69, 9.17) is 0 Å². The first-order valence-electron chi connectivity index (χ1n) is 9.37. The second-order valence-electron chi connectivity index (χ2n) is 6.94. The predicted molar refractivity (Wildman–Crippen MR) is 110 cm³/mol. The number of fused-ring (bicyclic) bond motifs is 1. The summed E-state index contributed by atoms with van der Waals surface area (Å²) in [4.78, 5) is 14.9. The average Bonchev–Trinajstić information content (AvgIpc) is 3.46. The minimum atomic E-state index is -0.00712. The maximum Gasteiger partial charge on any atom is 0.227 e. The maximum absolute atomic E-state index is 12.7. The molecule has 1 amide bonds. The SMILES string of the molecule is O=C(Nc1ccc(-c2csnn2)cc1)C1CCN(c2ccc3nncn3n2)CC1. The summed E-state index contributed by atoms with van der Waals surface area (Å²) in [6.45, 7) is 1.57. The molecule has 9 nitrogen and oxygen atoms in total. The molecule has 1 saturated heterocycles. The molecule has 4 heterocycles. The van der Waals surface area contributed by atoms with E-state index in [1.807, 2.05) is 41.8 Å². The number of rotatable bonds is 4. The fraction of sp³-hybridized carbons (Fsp3) is 0.263. The van der Waals surface area contributed by atoms with Crippen molar-refractivity contribution >= 4 is 34.6 Å². The third-order valence-electron chi connectivity index (χ3n) is 5.15. The monoisotopic (exact) mass is 406 g/mol. The largest absolute Gasteiger partial charge is 0.355 e. The van der Waals surface area contributed by atoms with Crippen LogP contribution in [0.4, 0.5) is 11.5 Å². The Morgan fingerprint density at radius 2 is 1.90 bits per heavy atom. The van der Waals surface area contributed by atoms with E-state index >= 15 is 0 Å². The lowest BCUT2D eigenvalue weighted by molar-refractivity contribution is -0.120. The van der Waals surface area contributed by atoms with E-state index in [1.165, 1.54) is 11.5 Å². The first-order chi connectivity index (χ1) is 14.3. The zero-order chi connectivity index (χ0) is 19.6. The van der Waals surface area contributed by atoms with Gasteiger partial charge in [-0.15, -0.1) is 20.4 Å². The lowest BCUT2D eigenvalue weighted by atomic mass is 9.95. The number of nitrogens with one attached hydrogen (secondary N) is 1. The van der Waals surface area contributed by atoms with Crippen molar-refractivity contribution in [3.63, 3.8) is 0 Å².